The largest absolute Gasteiger partial charge is 0.269 e. The van der Waals surface area contributed by atoms with Crippen molar-refractivity contribution in [3.8, 4) is 0 Å². The fourth-order valence-corrected chi connectivity index (χ4v) is 2.24. The van der Waals surface area contributed by atoms with Gasteiger partial charge in [0.05, 0.1) is 11.5 Å². The van der Waals surface area contributed by atoms with Crippen LogP contribution in [0, 0.1) is 0 Å². The summed E-state index contributed by atoms with van der Waals surface area (Å²) in [6.45, 7) is 0. The second kappa shape index (κ2) is 2.44. The summed E-state index contributed by atoms with van der Waals surface area (Å²) in [4.78, 5) is 0. The van der Waals surface area contributed by atoms with Crippen molar-refractivity contribution in [2.45, 2.75) is 12.8 Å². The summed E-state index contributed by atoms with van der Waals surface area (Å²) >= 11 is 0. The van der Waals surface area contributed by atoms with Gasteiger partial charge in [0.25, 0.3) is 0 Å². The molecule has 0 aliphatic carbocycles. The molecule has 1 aliphatic heterocycles. The molecule has 1 aliphatic rings. The minimum Gasteiger partial charge on any atom is -0.269 e. The molecule has 0 unspecified atom stereocenters. The number of halogens is 1. The van der Waals surface area contributed by atoms with E-state index >= 15 is 0 Å². The van der Waals surface area contributed by atoms with Crippen LogP contribution in [0.1, 0.15) is 12.8 Å². The zero-order chi connectivity index (χ0) is 5.33. The maximum absolute atomic E-state index is 10.4. The standard InChI is InChI=1S/C4H8O2S.FH/c5-7(6)3-1-2-4-7;/h1-4H2;1H. The van der Waals surface area contributed by atoms with E-state index in [-0.39, 0.29) is 4.70 Å². The van der Waals surface area contributed by atoms with Gasteiger partial charge in [-0.2, -0.15) is 0 Å². The van der Waals surface area contributed by atoms with Crippen molar-refractivity contribution < 1.29 is 13.1 Å². The van der Waals surface area contributed by atoms with Crippen LogP contribution in [0.5, 0.6) is 0 Å². The molecule has 50 valence electrons. The van der Waals surface area contributed by atoms with E-state index in [1.807, 2.05) is 0 Å². The third-order valence-corrected chi connectivity index (χ3v) is 2.98. The lowest BCUT2D eigenvalue weighted by molar-refractivity contribution is 0.602. The highest BCUT2D eigenvalue weighted by Gasteiger charge is 2.16. The molecule has 0 saturated carbocycles. The lowest BCUT2D eigenvalue weighted by atomic mass is 10.4. The van der Waals surface area contributed by atoms with Crippen LogP contribution in [0.15, 0.2) is 0 Å². The smallest absolute Gasteiger partial charge is 0.150 e. The number of hydrogen-bond acceptors (Lipinski definition) is 2. The molecule has 0 aromatic carbocycles. The Morgan fingerprint density at radius 1 is 1.00 bits per heavy atom. The van der Waals surface area contributed by atoms with Crippen LogP contribution in [0.4, 0.5) is 4.70 Å². The van der Waals surface area contributed by atoms with Crippen molar-refractivity contribution in [2.24, 2.45) is 0 Å². The lowest BCUT2D eigenvalue weighted by Crippen LogP contribution is -1.98. The van der Waals surface area contributed by atoms with Crippen molar-refractivity contribution in [3.05, 3.63) is 0 Å². The zero-order valence-electron chi connectivity index (χ0n) is 4.46. The van der Waals surface area contributed by atoms with Crippen LogP contribution >= 0.6 is 0 Å². The molecule has 0 N–H and O–H groups in total. The monoisotopic (exact) mass is 140 g/mol. The van der Waals surface area contributed by atoms with Crippen molar-refractivity contribution in [3.63, 3.8) is 0 Å². The van der Waals surface area contributed by atoms with Crippen molar-refractivity contribution in [1.29, 1.82) is 0 Å². The molecule has 0 radical (unpaired) electrons. The van der Waals surface area contributed by atoms with E-state index in [9.17, 15) is 8.42 Å². The fraction of sp³-hybridized carbons (Fsp3) is 1.00. The third kappa shape index (κ3) is 1.78. The van der Waals surface area contributed by atoms with Gasteiger partial charge in [-0.1, -0.05) is 0 Å². The SMILES string of the molecule is F.O=S1(=O)CCCC1. The summed E-state index contributed by atoms with van der Waals surface area (Å²) in [6.07, 6.45) is 1.75. The highest BCUT2D eigenvalue weighted by Crippen LogP contribution is 2.08. The summed E-state index contributed by atoms with van der Waals surface area (Å²) in [6, 6.07) is 0. The first-order valence-electron chi connectivity index (χ1n) is 2.41. The van der Waals surface area contributed by atoms with E-state index in [4.69, 9.17) is 0 Å². The summed E-state index contributed by atoms with van der Waals surface area (Å²) in [7, 11) is -2.55. The third-order valence-electron chi connectivity index (χ3n) is 1.16. The van der Waals surface area contributed by atoms with Crippen LogP contribution in [0.2, 0.25) is 0 Å². The molecule has 2 nitrogen and oxygen atoms in total. The van der Waals surface area contributed by atoms with Crippen molar-refractivity contribution in [1.82, 2.24) is 0 Å². The Kier molecular flexibility index (Phi) is 2.40. The van der Waals surface area contributed by atoms with Crippen LogP contribution in [-0.4, -0.2) is 19.9 Å². The van der Waals surface area contributed by atoms with Crippen LogP contribution < -0.4 is 0 Å². The second-order valence-electron chi connectivity index (χ2n) is 1.86. The molecule has 1 heterocycles. The van der Waals surface area contributed by atoms with E-state index in [2.05, 4.69) is 0 Å². The first-order chi connectivity index (χ1) is 3.21. The fourth-order valence-electron chi connectivity index (χ4n) is 0.746. The average Bonchev–Trinajstić information content (AvgIpc) is 1.84. The number of hydrogen-bond donors (Lipinski definition) is 0. The van der Waals surface area contributed by atoms with Gasteiger partial charge in [0.1, 0.15) is 9.84 Å². The van der Waals surface area contributed by atoms with E-state index in [1.54, 1.807) is 0 Å². The minimum atomic E-state index is -2.55. The molecule has 1 rings (SSSR count). The Balaban J connectivity index is 0.000000490. The molecule has 1 saturated heterocycles. The summed E-state index contributed by atoms with van der Waals surface area (Å²) in [5.74, 6) is 0.847. The first kappa shape index (κ1) is 7.88. The quantitative estimate of drug-likeness (QED) is 0.486. The van der Waals surface area contributed by atoms with Gasteiger partial charge >= 0.3 is 0 Å². The second-order valence-corrected chi connectivity index (χ2v) is 4.16. The Hall–Kier alpha value is -0.120. The van der Waals surface area contributed by atoms with E-state index in [1.165, 1.54) is 0 Å². The van der Waals surface area contributed by atoms with Gasteiger partial charge in [-0.3, -0.25) is 4.70 Å². The minimum absolute atomic E-state index is 0. The number of sulfone groups is 1. The normalized spacial score (nSPS) is 24.5. The molecule has 0 aromatic rings. The Bertz CT molecular complexity index is 137. The van der Waals surface area contributed by atoms with Crippen LogP contribution in [0.3, 0.4) is 0 Å². The molecule has 1 fully saturated rings. The summed E-state index contributed by atoms with van der Waals surface area (Å²) < 4.78 is 20.9. The highest BCUT2D eigenvalue weighted by atomic mass is 32.2. The van der Waals surface area contributed by atoms with E-state index in [0.717, 1.165) is 12.8 Å². The molecule has 0 amide bonds. The highest BCUT2D eigenvalue weighted by molar-refractivity contribution is 7.91. The van der Waals surface area contributed by atoms with E-state index in [0.29, 0.717) is 11.5 Å². The Morgan fingerprint density at radius 3 is 1.50 bits per heavy atom. The molecular formula is C4H9FO2S. The van der Waals surface area contributed by atoms with Gasteiger partial charge < -0.3 is 0 Å². The van der Waals surface area contributed by atoms with Gasteiger partial charge in [0.2, 0.25) is 0 Å². The first-order valence-corrected chi connectivity index (χ1v) is 4.23. The Morgan fingerprint density at radius 2 is 1.38 bits per heavy atom. The van der Waals surface area contributed by atoms with Gasteiger partial charge in [0, 0.05) is 0 Å². The number of rotatable bonds is 0. The maximum atomic E-state index is 10.4. The van der Waals surface area contributed by atoms with Crippen LogP contribution in [0.25, 0.3) is 0 Å². The topological polar surface area (TPSA) is 34.1 Å². The maximum Gasteiger partial charge on any atom is 0.150 e. The van der Waals surface area contributed by atoms with Crippen molar-refractivity contribution >= 4 is 9.84 Å². The lowest BCUT2D eigenvalue weighted by Gasteiger charge is -1.81. The van der Waals surface area contributed by atoms with Gasteiger partial charge in [-0.25, -0.2) is 8.42 Å². The predicted octanol–water partition coefficient (Wildman–Crippen LogP) is 0.348. The zero-order valence-corrected chi connectivity index (χ0v) is 5.28. The molecule has 0 atom stereocenters. The predicted molar refractivity (Wildman–Crippen MR) is 30.4 cm³/mol. The summed E-state index contributed by atoms with van der Waals surface area (Å²) in [5, 5.41) is 0. The Labute approximate surface area is 48.2 Å². The molecule has 0 aromatic heterocycles. The van der Waals surface area contributed by atoms with Gasteiger partial charge in [0.15, 0.2) is 0 Å². The van der Waals surface area contributed by atoms with Gasteiger partial charge in [-0.05, 0) is 12.8 Å². The molecule has 4 heteroatoms. The molecule has 0 spiro atoms. The van der Waals surface area contributed by atoms with Crippen molar-refractivity contribution in [2.75, 3.05) is 11.5 Å². The van der Waals surface area contributed by atoms with E-state index < -0.39 is 9.84 Å². The molecule has 0 bridgehead atoms. The van der Waals surface area contributed by atoms with Gasteiger partial charge in [-0.15, -0.1) is 0 Å². The average molecular weight is 140 g/mol. The molecular weight excluding hydrogens is 131 g/mol. The molecule has 8 heavy (non-hydrogen) atoms. The summed E-state index contributed by atoms with van der Waals surface area (Å²) in [5.41, 5.74) is 0. The van der Waals surface area contributed by atoms with Crippen LogP contribution in [-0.2, 0) is 9.84 Å².